The van der Waals surface area contributed by atoms with E-state index >= 15 is 0 Å². The molecule has 1 aliphatic rings. The molecule has 1 atom stereocenters. The quantitative estimate of drug-likeness (QED) is 0.577. The van der Waals surface area contributed by atoms with Crippen molar-refractivity contribution >= 4 is 39.2 Å². The van der Waals surface area contributed by atoms with E-state index in [0.717, 1.165) is 11.3 Å². The van der Waals surface area contributed by atoms with E-state index in [4.69, 9.17) is 0 Å². The van der Waals surface area contributed by atoms with Crippen molar-refractivity contribution in [3.63, 3.8) is 0 Å². The van der Waals surface area contributed by atoms with Crippen LogP contribution >= 0.6 is 0 Å². The van der Waals surface area contributed by atoms with Crippen LogP contribution in [0.25, 0.3) is 0 Å². The summed E-state index contributed by atoms with van der Waals surface area (Å²) in [6.45, 7) is 3.99. The molecule has 9 nitrogen and oxygen atoms in total. The van der Waals surface area contributed by atoms with Gasteiger partial charge in [-0.25, -0.2) is 23.1 Å². The van der Waals surface area contributed by atoms with Crippen LogP contribution < -0.4 is 14.9 Å². The van der Waals surface area contributed by atoms with Crippen LogP contribution in [0.4, 0.5) is 17.3 Å². The van der Waals surface area contributed by atoms with Crippen molar-refractivity contribution < 1.29 is 18.0 Å². The summed E-state index contributed by atoms with van der Waals surface area (Å²) in [5, 5.41) is 2.76. The molecule has 1 fully saturated rings. The highest BCUT2D eigenvalue weighted by Gasteiger charge is 2.35. The number of aromatic nitrogens is 2. The Labute approximate surface area is 191 Å². The monoisotopic (exact) mass is 465 g/mol. The maximum absolute atomic E-state index is 12.7. The van der Waals surface area contributed by atoms with Crippen molar-refractivity contribution in [1.29, 1.82) is 0 Å². The van der Waals surface area contributed by atoms with E-state index < -0.39 is 15.9 Å². The molecule has 2 N–H and O–H groups in total. The number of rotatable bonds is 6. The number of hydrogen-bond acceptors (Lipinski definition) is 6. The number of benzene rings is 2. The van der Waals surface area contributed by atoms with E-state index in [-0.39, 0.29) is 29.1 Å². The van der Waals surface area contributed by atoms with Crippen molar-refractivity contribution in [2.75, 3.05) is 21.5 Å². The average Bonchev–Trinajstić information content (AvgIpc) is 3.16. The van der Waals surface area contributed by atoms with Crippen molar-refractivity contribution in [1.82, 2.24) is 9.97 Å². The number of carbonyl (C=O) groups is 2. The Bertz CT molecular complexity index is 1290. The number of sulfonamides is 1. The number of amides is 2. The van der Waals surface area contributed by atoms with Crippen LogP contribution in [-0.4, -0.2) is 36.7 Å². The minimum atomic E-state index is -3.88. The van der Waals surface area contributed by atoms with E-state index in [2.05, 4.69) is 20.0 Å². The van der Waals surface area contributed by atoms with Gasteiger partial charge in [-0.15, -0.1) is 0 Å². The Morgan fingerprint density at radius 3 is 2.39 bits per heavy atom. The molecular formula is C23H23N5O4S. The third kappa shape index (κ3) is 5.17. The van der Waals surface area contributed by atoms with Gasteiger partial charge in [0.05, 0.1) is 10.8 Å². The molecular weight excluding hydrogens is 442 g/mol. The first-order valence-electron chi connectivity index (χ1n) is 10.3. The van der Waals surface area contributed by atoms with Gasteiger partial charge >= 0.3 is 0 Å². The van der Waals surface area contributed by atoms with Gasteiger partial charge in [-0.05, 0) is 56.3 Å². The van der Waals surface area contributed by atoms with E-state index in [0.29, 0.717) is 17.9 Å². The van der Waals surface area contributed by atoms with Gasteiger partial charge in [0.2, 0.25) is 17.8 Å². The molecule has 2 heterocycles. The highest BCUT2D eigenvalue weighted by Crippen LogP contribution is 2.26. The topological polar surface area (TPSA) is 121 Å². The largest absolute Gasteiger partial charge is 0.326 e. The lowest BCUT2D eigenvalue weighted by Gasteiger charge is -2.17. The van der Waals surface area contributed by atoms with Crippen LogP contribution in [0.2, 0.25) is 0 Å². The summed E-state index contributed by atoms with van der Waals surface area (Å²) in [6, 6.07) is 15.0. The molecule has 0 radical (unpaired) electrons. The second-order valence-electron chi connectivity index (χ2n) is 7.88. The maximum atomic E-state index is 12.7. The molecule has 3 aromatic rings. The van der Waals surface area contributed by atoms with Gasteiger partial charge in [-0.3, -0.25) is 9.59 Å². The molecule has 33 heavy (non-hydrogen) atoms. The zero-order valence-corrected chi connectivity index (χ0v) is 19.0. The molecule has 0 spiro atoms. The molecule has 1 aliphatic heterocycles. The van der Waals surface area contributed by atoms with Crippen LogP contribution in [0.5, 0.6) is 0 Å². The average molecular weight is 466 g/mol. The van der Waals surface area contributed by atoms with Crippen molar-refractivity contribution in [3.05, 3.63) is 72.1 Å². The number of carbonyl (C=O) groups excluding carboxylic acids is 2. The van der Waals surface area contributed by atoms with Gasteiger partial charge in [0.15, 0.2) is 0 Å². The van der Waals surface area contributed by atoms with Gasteiger partial charge in [0.25, 0.3) is 10.0 Å². The lowest BCUT2D eigenvalue weighted by atomic mass is 10.1. The fourth-order valence-electron chi connectivity index (χ4n) is 3.50. The summed E-state index contributed by atoms with van der Waals surface area (Å²) >= 11 is 0. The zero-order valence-electron chi connectivity index (χ0n) is 18.1. The summed E-state index contributed by atoms with van der Waals surface area (Å²) in [4.78, 5) is 34.7. The zero-order chi connectivity index (χ0) is 23.6. The molecule has 0 bridgehead atoms. The fraction of sp³-hybridized carbons (Fsp3) is 0.217. The predicted molar refractivity (Wildman–Crippen MR) is 124 cm³/mol. The number of hydrogen-bond donors (Lipinski definition) is 2. The first kappa shape index (κ1) is 22.4. The smallest absolute Gasteiger partial charge is 0.264 e. The van der Waals surface area contributed by atoms with E-state index in [9.17, 15) is 18.0 Å². The first-order valence-corrected chi connectivity index (χ1v) is 11.8. The fourth-order valence-corrected chi connectivity index (χ4v) is 4.45. The van der Waals surface area contributed by atoms with Gasteiger partial charge < -0.3 is 10.2 Å². The number of nitrogens with zero attached hydrogens (tertiary/aromatic N) is 3. The predicted octanol–water partition coefficient (Wildman–Crippen LogP) is 2.89. The third-order valence-corrected chi connectivity index (χ3v) is 6.64. The van der Waals surface area contributed by atoms with Crippen LogP contribution in [0.3, 0.4) is 0 Å². The lowest BCUT2D eigenvalue weighted by Crippen LogP contribution is -2.28. The molecule has 170 valence electrons. The second-order valence-corrected chi connectivity index (χ2v) is 9.56. The second kappa shape index (κ2) is 8.99. The molecule has 0 unspecified atom stereocenters. The summed E-state index contributed by atoms with van der Waals surface area (Å²) in [6.07, 6.45) is 1.58. The molecule has 4 rings (SSSR count). The van der Waals surface area contributed by atoms with Crippen molar-refractivity contribution in [2.24, 2.45) is 5.92 Å². The summed E-state index contributed by atoms with van der Waals surface area (Å²) in [5.74, 6) is -0.913. The minimum absolute atomic E-state index is 0.00666. The van der Waals surface area contributed by atoms with Crippen LogP contribution in [0.1, 0.15) is 17.7 Å². The molecule has 1 saturated heterocycles. The normalized spacial score (nSPS) is 16.0. The Balaban J connectivity index is 1.40. The molecule has 0 saturated carbocycles. The van der Waals surface area contributed by atoms with Crippen LogP contribution in [0.15, 0.2) is 65.7 Å². The number of aryl methyl sites for hydroxylation is 2. The molecule has 10 heteroatoms. The molecule has 2 aromatic carbocycles. The third-order valence-electron chi connectivity index (χ3n) is 5.29. The van der Waals surface area contributed by atoms with Gasteiger partial charge in [-0.2, -0.15) is 0 Å². The number of anilines is 3. The minimum Gasteiger partial charge on any atom is -0.326 e. The van der Waals surface area contributed by atoms with E-state index in [1.54, 1.807) is 17.9 Å². The molecule has 0 aliphatic carbocycles. The summed E-state index contributed by atoms with van der Waals surface area (Å²) < 4.78 is 27.5. The lowest BCUT2D eigenvalue weighted by molar-refractivity contribution is -0.122. The molecule has 1 aromatic heterocycles. The highest BCUT2D eigenvalue weighted by molar-refractivity contribution is 7.92. The Kier molecular flexibility index (Phi) is 6.10. The molecule has 2 amide bonds. The maximum Gasteiger partial charge on any atom is 0.264 e. The van der Waals surface area contributed by atoms with Gasteiger partial charge in [-0.1, -0.05) is 17.7 Å². The Morgan fingerprint density at radius 2 is 1.73 bits per heavy atom. The number of nitrogens with one attached hydrogen (secondary N) is 2. The standard InChI is InChI=1S/C23H23N5O4S/c1-15-3-7-19(8-4-15)28-14-17(13-21(28)29)22(30)26-18-5-9-20(10-6-18)33(31,32)27-23-24-12-11-16(2)25-23/h3-12,17H,13-14H2,1-2H3,(H,26,30)(H,24,25,27)/t17-/m1/s1. The van der Waals surface area contributed by atoms with Crippen LogP contribution in [-0.2, 0) is 19.6 Å². The van der Waals surface area contributed by atoms with E-state index in [1.807, 2.05) is 31.2 Å². The van der Waals surface area contributed by atoms with Gasteiger partial charge in [0.1, 0.15) is 0 Å². The van der Waals surface area contributed by atoms with Crippen LogP contribution in [0, 0.1) is 19.8 Å². The first-order chi connectivity index (χ1) is 15.7. The SMILES string of the molecule is Cc1ccc(N2C[C@H](C(=O)Nc3ccc(S(=O)(=O)Nc4nccc(C)n4)cc3)CC2=O)cc1. The Hall–Kier alpha value is -3.79. The van der Waals surface area contributed by atoms with E-state index in [1.165, 1.54) is 30.5 Å². The summed E-state index contributed by atoms with van der Waals surface area (Å²) in [5.41, 5.74) is 2.92. The van der Waals surface area contributed by atoms with Gasteiger partial charge in [0, 0.05) is 36.2 Å². The highest BCUT2D eigenvalue weighted by atomic mass is 32.2. The van der Waals surface area contributed by atoms with Crippen molar-refractivity contribution in [3.8, 4) is 0 Å². The summed E-state index contributed by atoms with van der Waals surface area (Å²) in [7, 11) is -3.88. The Morgan fingerprint density at radius 1 is 1.03 bits per heavy atom. The van der Waals surface area contributed by atoms with Crippen molar-refractivity contribution in [2.45, 2.75) is 25.2 Å².